The molecule has 5 nitrogen and oxygen atoms in total. The van der Waals surface area contributed by atoms with Gasteiger partial charge in [-0.2, -0.15) is 27.8 Å². The third-order valence-corrected chi connectivity index (χ3v) is 8.91. The van der Waals surface area contributed by atoms with Gasteiger partial charge < -0.3 is 5.73 Å². The molecule has 4 heterocycles. The number of hydrazone groups is 1. The van der Waals surface area contributed by atoms with Crippen molar-refractivity contribution in [2.75, 3.05) is 5.01 Å². The van der Waals surface area contributed by atoms with Crippen molar-refractivity contribution in [2.45, 2.75) is 30.7 Å². The molecule has 5 rings (SSSR count). The van der Waals surface area contributed by atoms with Crippen LogP contribution in [0.2, 0.25) is 0 Å². The lowest BCUT2D eigenvalue weighted by molar-refractivity contribution is 0.486. The molecule has 31 heavy (non-hydrogen) atoms. The van der Waals surface area contributed by atoms with Crippen molar-refractivity contribution in [1.82, 2.24) is 10.2 Å². The number of benzene rings is 1. The Kier molecular flexibility index (Phi) is 5.94. The molecule has 3 aromatic heterocycles. The number of aromatic nitrogens is 2. The maximum Gasteiger partial charge on any atom is 0.230 e. The van der Waals surface area contributed by atoms with Gasteiger partial charge in [-0.25, -0.2) is 5.01 Å². The van der Waals surface area contributed by atoms with Gasteiger partial charge >= 0.3 is 0 Å². The van der Waals surface area contributed by atoms with E-state index in [1.54, 1.807) is 45.8 Å². The molecule has 0 aliphatic carbocycles. The Morgan fingerprint density at radius 3 is 2.52 bits per heavy atom. The van der Waals surface area contributed by atoms with E-state index in [0.29, 0.717) is 0 Å². The summed E-state index contributed by atoms with van der Waals surface area (Å²) in [4.78, 5) is -0.432. The van der Waals surface area contributed by atoms with E-state index in [0.717, 1.165) is 33.6 Å². The van der Waals surface area contributed by atoms with Gasteiger partial charge in [0.25, 0.3) is 0 Å². The summed E-state index contributed by atoms with van der Waals surface area (Å²) in [5.74, 6) is 0. The first kappa shape index (κ1) is 20.8. The Morgan fingerprint density at radius 2 is 1.84 bits per heavy atom. The zero-order valence-electron chi connectivity index (χ0n) is 16.8. The van der Waals surface area contributed by atoms with Gasteiger partial charge in [-0.15, -0.1) is 10.2 Å². The van der Waals surface area contributed by atoms with Crippen LogP contribution in [0.3, 0.4) is 0 Å². The molecule has 2 unspecified atom stereocenters. The molecule has 0 bridgehead atoms. The predicted octanol–water partition coefficient (Wildman–Crippen LogP) is 6.22. The smallest absolute Gasteiger partial charge is 0.230 e. The Labute approximate surface area is 197 Å². The monoisotopic (exact) mass is 483 g/mol. The first-order chi connectivity index (χ1) is 15.2. The van der Waals surface area contributed by atoms with Gasteiger partial charge in [0, 0.05) is 17.0 Å². The van der Waals surface area contributed by atoms with E-state index in [2.05, 4.69) is 73.1 Å². The molecular weight excluding hydrogens is 463 g/mol. The largest absolute Gasteiger partial charge is 0.324 e. The summed E-state index contributed by atoms with van der Waals surface area (Å²) in [6.45, 7) is 1.98. The Balaban J connectivity index is 1.57. The number of thioether (sulfide) groups is 1. The van der Waals surface area contributed by atoms with Crippen molar-refractivity contribution in [3.63, 3.8) is 0 Å². The zero-order chi connectivity index (χ0) is 21.3. The van der Waals surface area contributed by atoms with Crippen LogP contribution in [0.4, 0.5) is 5.13 Å². The summed E-state index contributed by atoms with van der Waals surface area (Å²) in [5, 5.41) is 27.1. The van der Waals surface area contributed by atoms with E-state index < -0.39 is 4.87 Å². The van der Waals surface area contributed by atoms with Gasteiger partial charge in [-0.3, -0.25) is 0 Å². The molecule has 2 N–H and O–H groups in total. The first-order valence-corrected chi connectivity index (χ1v) is 13.4. The molecule has 1 aliphatic heterocycles. The molecule has 9 heteroatoms. The molecule has 0 saturated carbocycles. The average molecular weight is 484 g/mol. The lowest BCUT2D eigenvalue weighted by Gasteiger charge is -2.36. The van der Waals surface area contributed by atoms with E-state index in [4.69, 9.17) is 10.8 Å². The van der Waals surface area contributed by atoms with Gasteiger partial charge in [0.15, 0.2) is 0 Å². The fraction of sp³-hybridized carbons (Fsp3) is 0.227. The van der Waals surface area contributed by atoms with Crippen LogP contribution in [0.15, 0.2) is 69.1 Å². The third kappa shape index (κ3) is 4.08. The number of nitrogens with zero attached hydrogens (tertiary/aromatic N) is 4. The van der Waals surface area contributed by atoms with Gasteiger partial charge in [-0.05, 0) is 59.2 Å². The van der Waals surface area contributed by atoms with Crippen molar-refractivity contribution in [2.24, 2.45) is 10.8 Å². The van der Waals surface area contributed by atoms with Gasteiger partial charge in [-0.1, -0.05) is 53.4 Å². The second-order valence-corrected chi connectivity index (χ2v) is 11.3. The Morgan fingerprint density at radius 1 is 1.03 bits per heavy atom. The summed E-state index contributed by atoms with van der Waals surface area (Å²) < 4.78 is 0. The van der Waals surface area contributed by atoms with Crippen LogP contribution in [0.5, 0.6) is 0 Å². The second-order valence-electron chi connectivity index (χ2n) is 7.29. The minimum absolute atomic E-state index is 0.0179. The number of aryl methyl sites for hydroxylation is 1. The molecular formula is C22H21N5S4. The van der Waals surface area contributed by atoms with Crippen molar-refractivity contribution < 1.29 is 0 Å². The maximum absolute atomic E-state index is 6.59. The number of rotatable bonds is 7. The third-order valence-electron chi connectivity index (χ3n) is 5.25. The molecule has 1 aromatic carbocycles. The van der Waals surface area contributed by atoms with E-state index in [-0.39, 0.29) is 6.04 Å². The van der Waals surface area contributed by atoms with Crippen molar-refractivity contribution >= 4 is 55.9 Å². The standard InChI is InChI=1S/C22H21N5S4/c1-15-24-25-21(30-15)27-22(18-5-3-2-4-6-18,10-7-19(23)16-8-11-28-13-16)31-20(26-27)17-9-12-29-14-17/h2-6,8-9,11-14,19H,7,10,23H2,1H3. The molecule has 2 atom stereocenters. The zero-order valence-corrected chi connectivity index (χ0v) is 20.1. The summed E-state index contributed by atoms with van der Waals surface area (Å²) in [6, 6.07) is 14.8. The average Bonchev–Trinajstić information content (AvgIpc) is 3.59. The summed E-state index contributed by atoms with van der Waals surface area (Å²) in [7, 11) is 0. The van der Waals surface area contributed by atoms with Crippen LogP contribution in [-0.2, 0) is 4.87 Å². The highest BCUT2D eigenvalue weighted by molar-refractivity contribution is 8.15. The SMILES string of the molecule is Cc1nnc(N2N=C(c3ccsc3)SC2(CCC(N)c2ccsc2)c2ccccc2)s1. The van der Waals surface area contributed by atoms with Crippen LogP contribution in [-0.4, -0.2) is 15.2 Å². The summed E-state index contributed by atoms with van der Waals surface area (Å²) in [5.41, 5.74) is 10.1. The number of hydrogen-bond acceptors (Lipinski definition) is 9. The Bertz CT molecular complexity index is 1150. The highest BCUT2D eigenvalue weighted by atomic mass is 32.2. The minimum atomic E-state index is -0.432. The summed E-state index contributed by atoms with van der Waals surface area (Å²) in [6.07, 6.45) is 1.66. The highest BCUT2D eigenvalue weighted by Gasteiger charge is 2.47. The molecule has 4 aromatic rings. The summed E-state index contributed by atoms with van der Waals surface area (Å²) >= 11 is 6.73. The molecule has 158 valence electrons. The van der Waals surface area contributed by atoms with E-state index in [1.807, 2.05) is 13.0 Å². The quantitative estimate of drug-likeness (QED) is 0.338. The molecule has 0 radical (unpaired) electrons. The van der Waals surface area contributed by atoms with Crippen LogP contribution in [0.25, 0.3) is 0 Å². The molecule has 0 spiro atoms. The maximum atomic E-state index is 6.59. The fourth-order valence-electron chi connectivity index (χ4n) is 3.65. The van der Waals surface area contributed by atoms with Crippen LogP contribution in [0.1, 0.15) is 40.6 Å². The van der Waals surface area contributed by atoms with Crippen molar-refractivity contribution in [3.8, 4) is 0 Å². The molecule has 1 aliphatic rings. The second kappa shape index (κ2) is 8.84. The van der Waals surface area contributed by atoms with Crippen molar-refractivity contribution in [3.05, 3.63) is 85.7 Å². The Hall–Kier alpha value is -2.04. The van der Waals surface area contributed by atoms with Crippen molar-refractivity contribution in [1.29, 1.82) is 0 Å². The predicted molar refractivity (Wildman–Crippen MR) is 134 cm³/mol. The van der Waals surface area contributed by atoms with Gasteiger partial charge in [0.05, 0.1) is 0 Å². The minimum Gasteiger partial charge on any atom is -0.324 e. The van der Waals surface area contributed by atoms with E-state index >= 15 is 0 Å². The lowest BCUT2D eigenvalue weighted by Crippen LogP contribution is -2.38. The lowest BCUT2D eigenvalue weighted by atomic mass is 9.96. The number of anilines is 1. The van der Waals surface area contributed by atoms with E-state index in [1.165, 1.54) is 11.1 Å². The van der Waals surface area contributed by atoms with Crippen LogP contribution < -0.4 is 10.7 Å². The molecule has 0 saturated heterocycles. The number of nitrogens with two attached hydrogens (primary N) is 1. The van der Waals surface area contributed by atoms with Gasteiger partial charge in [0.2, 0.25) is 5.13 Å². The van der Waals surface area contributed by atoms with Gasteiger partial charge in [0.1, 0.15) is 14.9 Å². The molecule has 0 amide bonds. The molecule has 0 fully saturated rings. The topological polar surface area (TPSA) is 67.4 Å². The van der Waals surface area contributed by atoms with Crippen LogP contribution >= 0.6 is 45.8 Å². The number of hydrogen-bond donors (Lipinski definition) is 1. The van der Waals surface area contributed by atoms with Crippen LogP contribution in [0, 0.1) is 6.92 Å². The normalized spacial score (nSPS) is 19.5. The van der Waals surface area contributed by atoms with E-state index in [9.17, 15) is 0 Å². The fourth-order valence-corrected chi connectivity index (χ4v) is 7.23. The highest BCUT2D eigenvalue weighted by Crippen LogP contribution is 2.53. The number of thiophene rings is 2. The first-order valence-electron chi connectivity index (χ1n) is 9.89.